The molecule has 2 heterocycles. The zero-order chi connectivity index (χ0) is 16.2. The highest BCUT2D eigenvalue weighted by Gasteiger charge is 2.23. The molecule has 0 spiro atoms. The van der Waals surface area contributed by atoms with E-state index in [0.717, 1.165) is 35.9 Å². The number of hydrogen-bond acceptors (Lipinski definition) is 4. The number of nitrogens with one attached hydrogen (secondary N) is 1. The van der Waals surface area contributed by atoms with Crippen molar-refractivity contribution in [3.8, 4) is 0 Å². The van der Waals surface area contributed by atoms with E-state index in [9.17, 15) is 9.18 Å². The zero-order valence-electron chi connectivity index (χ0n) is 13.1. The molecule has 1 amide bonds. The summed E-state index contributed by atoms with van der Waals surface area (Å²) in [5.74, 6) is -0.0954. The van der Waals surface area contributed by atoms with Crippen LogP contribution in [-0.2, 0) is 17.6 Å². The summed E-state index contributed by atoms with van der Waals surface area (Å²) in [5.41, 5.74) is 1.84. The van der Waals surface area contributed by atoms with E-state index in [1.165, 1.54) is 12.1 Å². The lowest BCUT2D eigenvalue weighted by Crippen LogP contribution is -2.52. The Morgan fingerprint density at radius 3 is 2.96 bits per heavy atom. The first-order valence-electron chi connectivity index (χ1n) is 7.80. The third-order valence-electron chi connectivity index (χ3n) is 4.02. The van der Waals surface area contributed by atoms with Crippen molar-refractivity contribution in [2.24, 2.45) is 0 Å². The van der Waals surface area contributed by atoms with E-state index in [0.29, 0.717) is 12.8 Å². The van der Waals surface area contributed by atoms with Gasteiger partial charge >= 0.3 is 0 Å². The highest BCUT2D eigenvalue weighted by molar-refractivity contribution is 7.09. The fraction of sp³-hybridized carbons (Fsp3) is 0.412. The van der Waals surface area contributed by atoms with Crippen LogP contribution >= 0.6 is 11.3 Å². The van der Waals surface area contributed by atoms with Crippen LogP contribution < -0.4 is 5.32 Å². The minimum absolute atomic E-state index is 0.137. The Morgan fingerprint density at radius 1 is 1.43 bits per heavy atom. The number of rotatable bonds is 4. The number of amides is 1. The molecule has 0 unspecified atom stereocenters. The maximum absolute atomic E-state index is 12.9. The van der Waals surface area contributed by atoms with Gasteiger partial charge in [0.2, 0.25) is 5.91 Å². The molecular weight excluding hydrogens is 313 g/mol. The maximum Gasteiger partial charge on any atom is 0.228 e. The number of aromatic nitrogens is 1. The Hall–Kier alpha value is -1.79. The van der Waals surface area contributed by atoms with Crippen LogP contribution in [0.25, 0.3) is 0 Å². The number of nitrogens with zero attached hydrogens (tertiary/aromatic N) is 2. The van der Waals surface area contributed by atoms with E-state index in [2.05, 4.69) is 17.2 Å². The van der Waals surface area contributed by atoms with Gasteiger partial charge in [0.15, 0.2) is 0 Å². The lowest BCUT2D eigenvalue weighted by atomic mass is 10.1. The normalized spacial score (nSPS) is 18.2. The number of hydrogen-bond donors (Lipinski definition) is 1. The van der Waals surface area contributed by atoms with Crippen LogP contribution in [0.2, 0.25) is 0 Å². The van der Waals surface area contributed by atoms with Crippen molar-refractivity contribution in [1.29, 1.82) is 0 Å². The average Bonchev–Trinajstić information content (AvgIpc) is 2.97. The molecule has 1 aliphatic heterocycles. The van der Waals surface area contributed by atoms with Crippen molar-refractivity contribution in [3.63, 3.8) is 0 Å². The molecule has 2 aromatic rings. The average molecular weight is 333 g/mol. The summed E-state index contributed by atoms with van der Waals surface area (Å²) in [6.07, 6.45) is 1.02. The van der Waals surface area contributed by atoms with Crippen molar-refractivity contribution in [2.75, 3.05) is 19.6 Å². The molecule has 4 nitrogen and oxygen atoms in total. The highest BCUT2D eigenvalue weighted by Crippen LogP contribution is 2.17. The van der Waals surface area contributed by atoms with Crippen LogP contribution in [0.5, 0.6) is 0 Å². The van der Waals surface area contributed by atoms with Crippen LogP contribution in [-0.4, -0.2) is 41.5 Å². The third-order valence-corrected chi connectivity index (χ3v) is 4.92. The van der Waals surface area contributed by atoms with Gasteiger partial charge in [0, 0.05) is 37.5 Å². The Bertz CT molecular complexity index is 671. The second kappa shape index (κ2) is 7.19. The fourth-order valence-electron chi connectivity index (χ4n) is 2.76. The summed E-state index contributed by atoms with van der Waals surface area (Å²) in [6, 6.07) is 6.68. The summed E-state index contributed by atoms with van der Waals surface area (Å²) in [6.45, 7) is 4.51. The summed E-state index contributed by atoms with van der Waals surface area (Å²) in [4.78, 5) is 18.9. The van der Waals surface area contributed by atoms with Crippen LogP contribution in [0.15, 0.2) is 29.6 Å². The number of carbonyl (C=O) groups excluding carboxylic acids is 1. The van der Waals surface area contributed by atoms with Crippen molar-refractivity contribution < 1.29 is 9.18 Å². The largest absolute Gasteiger partial charge is 0.337 e. The molecule has 0 saturated carbocycles. The molecule has 23 heavy (non-hydrogen) atoms. The van der Waals surface area contributed by atoms with Gasteiger partial charge in [-0.25, -0.2) is 9.37 Å². The molecule has 1 saturated heterocycles. The predicted molar refractivity (Wildman–Crippen MR) is 89.1 cm³/mol. The van der Waals surface area contributed by atoms with E-state index in [-0.39, 0.29) is 17.8 Å². The van der Waals surface area contributed by atoms with E-state index in [1.807, 2.05) is 10.3 Å². The number of carbonyl (C=O) groups is 1. The predicted octanol–water partition coefficient (Wildman–Crippen LogP) is 2.24. The molecule has 0 bridgehead atoms. The first-order chi connectivity index (χ1) is 11.1. The van der Waals surface area contributed by atoms with Crippen LogP contribution in [0.4, 0.5) is 4.39 Å². The van der Waals surface area contributed by atoms with Gasteiger partial charge in [-0.1, -0.05) is 12.1 Å². The second-order valence-corrected chi connectivity index (χ2v) is 6.80. The lowest BCUT2D eigenvalue weighted by Gasteiger charge is -2.33. The third kappa shape index (κ3) is 4.14. The van der Waals surface area contributed by atoms with Crippen LogP contribution in [0.3, 0.4) is 0 Å². The molecular formula is C17H20FN3OS. The Kier molecular flexibility index (Phi) is 5.03. The Morgan fingerprint density at radius 2 is 2.22 bits per heavy atom. The summed E-state index contributed by atoms with van der Waals surface area (Å²) < 4.78 is 12.9. The monoisotopic (exact) mass is 333 g/mol. The smallest absolute Gasteiger partial charge is 0.228 e. The topological polar surface area (TPSA) is 45.2 Å². The SMILES string of the molecule is C[C@@H]1CNCCN1C(=O)Cc1csc(Cc2ccc(F)cc2)n1. The minimum Gasteiger partial charge on any atom is -0.337 e. The van der Waals surface area contributed by atoms with Gasteiger partial charge < -0.3 is 10.2 Å². The molecule has 1 aromatic carbocycles. The van der Waals surface area contributed by atoms with Gasteiger partial charge in [-0.05, 0) is 24.6 Å². The van der Waals surface area contributed by atoms with Gasteiger partial charge in [0.1, 0.15) is 5.82 Å². The summed E-state index contributed by atoms with van der Waals surface area (Å²) >= 11 is 1.55. The molecule has 122 valence electrons. The molecule has 1 aromatic heterocycles. The van der Waals surface area contributed by atoms with Gasteiger partial charge in [0.05, 0.1) is 17.1 Å². The first kappa shape index (κ1) is 16.1. The standard InChI is InChI=1S/C17H20FN3OS/c1-12-10-19-6-7-21(12)17(22)9-15-11-23-16(20-15)8-13-2-4-14(18)5-3-13/h2-5,11-12,19H,6-10H2,1H3/t12-/m1/s1. The molecule has 1 aliphatic rings. The van der Waals surface area contributed by atoms with Crippen LogP contribution in [0, 0.1) is 5.82 Å². The summed E-state index contributed by atoms with van der Waals surface area (Å²) in [7, 11) is 0. The molecule has 1 N–H and O–H groups in total. The number of piperazine rings is 1. The molecule has 0 aliphatic carbocycles. The zero-order valence-corrected chi connectivity index (χ0v) is 13.9. The van der Waals surface area contributed by atoms with Crippen molar-refractivity contribution >= 4 is 17.2 Å². The highest BCUT2D eigenvalue weighted by atomic mass is 32.1. The van der Waals surface area contributed by atoms with E-state index in [4.69, 9.17) is 0 Å². The number of benzene rings is 1. The van der Waals surface area contributed by atoms with E-state index >= 15 is 0 Å². The second-order valence-electron chi connectivity index (χ2n) is 5.85. The lowest BCUT2D eigenvalue weighted by molar-refractivity contribution is -0.133. The van der Waals surface area contributed by atoms with Crippen molar-refractivity contribution in [3.05, 3.63) is 51.7 Å². The van der Waals surface area contributed by atoms with Gasteiger partial charge in [-0.2, -0.15) is 0 Å². The number of halogens is 1. The molecule has 3 rings (SSSR count). The van der Waals surface area contributed by atoms with E-state index in [1.54, 1.807) is 23.5 Å². The molecule has 0 radical (unpaired) electrons. The van der Waals surface area contributed by atoms with Gasteiger partial charge in [-0.15, -0.1) is 11.3 Å². The maximum atomic E-state index is 12.9. The molecule has 1 fully saturated rings. The van der Waals surface area contributed by atoms with Crippen molar-refractivity contribution in [2.45, 2.75) is 25.8 Å². The summed E-state index contributed by atoms with van der Waals surface area (Å²) in [5, 5.41) is 6.18. The Labute approximate surface area is 139 Å². The number of thiazole rings is 1. The van der Waals surface area contributed by atoms with Gasteiger partial charge in [0.25, 0.3) is 0 Å². The fourth-order valence-corrected chi connectivity index (χ4v) is 3.58. The quantitative estimate of drug-likeness (QED) is 0.933. The molecule has 1 atom stereocenters. The van der Waals surface area contributed by atoms with Crippen LogP contribution in [0.1, 0.15) is 23.2 Å². The molecule has 6 heteroatoms. The Balaban J connectivity index is 1.60. The first-order valence-corrected chi connectivity index (χ1v) is 8.67. The minimum atomic E-state index is -0.232. The van der Waals surface area contributed by atoms with Gasteiger partial charge in [-0.3, -0.25) is 4.79 Å². The van der Waals surface area contributed by atoms with E-state index < -0.39 is 0 Å². The van der Waals surface area contributed by atoms with Crippen molar-refractivity contribution in [1.82, 2.24) is 15.2 Å².